The van der Waals surface area contributed by atoms with Crippen molar-refractivity contribution in [2.24, 2.45) is 0 Å². The van der Waals surface area contributed by atoms with Gasteiger partial charge in [-0.15, -0.1) is 10.1 Å². The van der Waals surface area contributed by atoms with Crippen LogP contribution in [-0.4, -0.2) is 82.9 Å². The van der Waals surface area contributed by atoms with Crippen LogP contribution in [0.3, 0.4) is 0 Å². The van der Waals surface area contributed by atoms with E-state index in [1.807, 2.05) is 0 Å². The molecule has 11 heteroatoms. The van der Waals surface area contributed by atoms with Crippen LogP contribution in [0, 0.1) is 10.1 Å². The van der Waals surface area contributed by atoms with Gasteiger partial charge in [0.05, 0.1) is 0 Å². The van der Waals surface area contributed by atoms with Crippen LogP contribution in [0.5, 0.6) is 0 Å². The van der Waals surface area contributed by atoms with E-state index in [2.05, 4.69) is 0 Å². The first-order chi connectivity index (χ1) is 3.73. The molecule has 0 aromatic rings. The zero-order chi connectivity index (χ0) is 8.08. The third-order valence-electron chi connectivity index (χ3n) is 0. The fourth-order valence-electron chi connectivity index (χ4n) is 0. The Morgan fingerprint density at radius 3 is 1.36 bits per heavy atom. The van der Waals surface area contributed by atoms with Gasteiger partial charge in [-0.2, -0.15) is 8.42 Å². The molecule has 0 saturated heterocycles. The van der Waals surface area contributed by atoms with E-state index in [9.17, 15) is 0 Å². The summed E-state index contributed by atoms with van der Waals surface area (Å²) in [5.41, 5.74) is 0. The molecule has 66 valence electrons. The molecule has 0 heterocycles. The summed E-state index contributed by atoms with van der Waals surface area (Å²) in [7, 11) is -4.67. The minimum atomic E-state index is -4.67. The number of hydrogen-bond donors (Lipinski definition) is 3. The Bertz CT molecular complexity index is 169. The number of hydrogen-bond acceptors (Lipinski definition) is 4. The predicted octanol–water partition coefficient (Wildman–Crippen LogP) is -2.34. The van der Waals surface area contributed by atoms with Crippen LogP contribution < -0.4 is 0 Å². The van der Waals surface area contributed by atoms with Gasteiger partial charge in [0.2, 0.25) is 0 Å². The van der Waals surface area contributed by atoms with E-state index in [1.165, 1.54) is 0 Å². The Balaban J connectivity index is -0.0000000146. The van der Waals surface area contributed by atoms with E-state index in [4.69, 9.17) is 32.8 Å². The van der Waals surface area contributed by atoms with Gasteiger partial charge >= 0.3 is 48.1 Å². The smallest absolute Gasteiger partial charge is 1.00 e. The van der Waals surface area contributed by atoms with Crippen molar-refractivity contribution in [3.63, 3.8) is 0 Å². The molecule has 0 radical (unpaired) electrons. The summed E-state index contributed by atoms with van der Waals surface area (Å²) in [6.07, 6.45) is 0. The zero-order valence-electron chi connectivity index (χ0n) is 6.54. The van der Waals surface area contributed by atoms with Gasteiger partial charge in [0.25, 0.3) is 5.09 Å². The maximum absolute atomic E-state index is 8.74. The van der Waals surface area contributed by atoms with E-state index in [-0.39, 0.29) is 58.0 Å². The third kappa shape index (κ3) is 1150. The van der Waals surface area contributed by atoms with Gasteiger partial charge in [0, 0.05) is 0 Å². The molecule has 0 rings (SSSR count). The maximum atomic E-state index is 8.74. The standard InChI is InChI=1S/Al.Ca.HNO3.H2O4S.5H/c;;2-1(3)4;1-5(2,3)4;;;;;/h;;(H,2,3,4);(H2,1,2,3,4);;;;;/q;+2;;;;;;2*-1. The Morgan fingerprint density at radius 2 is 1.36 bits per heavy atom. The van der Waals surface area contributed by atoms with Crippen LogP contribution >= 0.6 is 0 Å². The zero-order valence-corrected chi connectivity index (χ0v) is 7.56. The molecule has 0 aliphatic rings. The molecule has 0 aliphatic carbocycles. The summed E-state index contributed by atoms with van der Waals surface area (Å²) in [4.78, 5) is 8.36. The average molecular weight is 233 g/mol. The van der Waals surface area contributed by atoms with E-state index in [1.54, 1.807) is 0 Å². The topological polar surface area (TPSA) is 138 Å². The van der Waals surface area contributed by atoms with Crippen molar-refractivity contribution < 1.29 is 30.7 Å². The monoisotopic (exact) mass is 233 g/mol. The predicted molar refractivity (Wildman–Crippen MR) is 40.9 cm³/mol. The summed E-state index contributed by atoms with van der Waals surface area (Å²) in [5, 5.41) is 13.6. The molecule has 0 saturated carbocycles. The third-order valence-corrected chi connectivity index (χ3v) is 0. The molecule has 0 unspecified atom stereocenters. The Kier molecular flexibility index (Phi) is 22.4. The molecule has 0 aromatic carbocycles. The van der Waals surface area contributed by atoms with Gasteiger partial charge in [-0.25, -0.2) is 0 Å². The van der Waals surface area contributed by atoms with E-state index in [0.717, 1.165) is 0 Å². The number of rotatable bonds is 0. The van der Waals surface area contributed by atoms with Crippen LogP contribution in [0.2, 0.25) is 0 Å². The van der Waals surface area contributed by atoms with Crippen molar-refractivity contribution >= 4 is 65.5 Å². The second-order valence-corrected chi connectivity index (χ2v) is 1.58. The summed E-state index contributed by atoms with van der Waals surface area (Å²) in [6, 6.07) is 0. The van der Waals surface area contributed by atoms with E-state index < -0.39 is 15.5 Å². The Labute approximate surface area is 105 Å². The average Bonchev–Trinajstić information content (AvgIpc) is 1.19. The molecular formula is H8AlCaNO7S. The fourth-order valence-corrected chi connectivity index (χ4v) is 0. The van der Waals surface area contributed by atoms with Crippen molar-refractivity contribution in [3.8, 4) is 0 Å². The first-order valence-corrected chi connectivity index (χ1v) is 2.66. The van der Waals surface area contributed by atoms with Crippen molar-refractivity contribution in [2.75, 3.05) is 0 Å². The van der Waals surface area contributed by atoms with Crippen LogP contribution in [0.25, 0.3) is 0 Å². The van der Waals surface area contributed by atoms with Crippen LogP contribution in [-0.2, 0) is 10.4 Å². The van der Waals surface area contributed by atoms with Gasteiger partial charge in [0.15, 0.2) is 17.4 Å². The fraction of sp³-hybridized carbons (Fsp3) is 0. The van der Waals surface area contributed by atoms with Gasteiger partial charge in [0.1, 0.15) is 0 Å². The molecule has 0 fully saturated rings. The summed E-state index contributed by atoms with van der Waals surface area (Å²) in [6.45, 7) is 0. The Morgan fingerprint density at radius 1 is 1.36 bits per heavy atom. The first-order valence-electron chi connectivity index (χ1n) is 1.26. The molecule has 0 amide bonds. The minimum Gasteiger partial charge on any atom is -1.00 e. The van der Waals surface area contributed by atoms with Gasteiger partial charge in [-0.3, -0.25) is 9.11 Å². The largest absolute Gasteiger partial charge is 2.00 e. The van der Waals surface area contributed by atoms with Crippen LogP contribution in [0.15, 0.2) is 0 Å². The molecule has 0 spiro atoms. The second kappa shape index (κ2) is 10.9. The van der Waals surface area contributed by atoms with E-state index >= 15 is 0 Å². The number of nitrogens with zero attached hydrogens (tertiary/aromatic N) is 1. The molecule has 0 bridgehead atoms. The molecule has 0 aromatic heterocycles. The minimum absolute atomic E-state index is 0. The second-order valence-electron chi connectivity index (χ2n) is 0.686. The molecule has 11 heavy (non-hydrogen) atoms. The van der Waals surface area contributed by atoms with Gasteiger partial charge < -0.3 is 8.06 Å². The molecular weight excluding hydrogens is 225 g/mol. The summed E-state index contributed by atoms with van der Waals surface area (Å²) >= 11 is 0. The normalized spacial score (nSPS) is 7.45. The van der Waals surface area contributed by atoms with Gasteiger partial charge in [-0.05, 0) is 0 Å². The van der Waals surface area contributed by atoms with Crippen molar-refractivity contribution in [1.29, 1.82) is 0 Å². The first kappa shape index (κ1) is 22.6. The summed E-state index contributed by atoms with van der Waals surface area (Å²) in [5.74, 6) is 0. The maximum Gasteiger partial charge on any atom is 2.00 e. The van der Waals surface area contributed by atoms with Gasteiger partial charge in [-0.1, -0.05) is 0 Å². The molecule has 8 nitrogen and oxygen atoms in total. The molecule has 0 atom stereocenters. The quantitative estimate of drug-likeness (QED) is 0.184. The van der Waals surface area contributed by atoms with Crippen LogP contribution in [0.1, 0.15) is 2.85 Å². The van der Waals surface area contributed by atoms with Crippen molar-refractivity contribution in [3.05, 3.63) is 10.1 Å². The Hall–Kier alpha value is 0.862. The van der Waals surface area contributed by atoms with Crippen molar-refractivity contribution in [1.82, 2.24) is 0 Å². The summed E-state index contributed by atoms with van der Waals surface area (Å²) < 4.78 is 31.6. The van der Waals surface area contributed by atoms with E-state index in [0.29, 0.717) is 0 Å². The SMILES string of the molecule is O=S(=O)(O)O.O=[N+]([O-])O.[AlH3].[Ca+2].[H-].[H-]. The van der Waals surface area contributed by atoms with Crippen LogP contribution in [0.4, 0.5) is 0 Å². The molecule has 3 N–H and O–H groups in total. The van der Waals surface area contributed by atoms with Crippen molar-refractivity contribution in [2.45, 2.75) is 0 Å². The molecule has 0 aliphatic heterocycles.